The van der Waals surface area contributed by atoms with E-state index in [4.69, 9.17) is 10.5 Å². The Morgan fingerprint density at radius 1 is 1.35 bits per heavy atom. The van der Waals surface area contributed by atoms with Gasteiger partial charge in [0.2, 0.25) is 5.88 Å². The lowest BCUT2D eigenvalue weighted by Crippen LogP contribution is -2.14. The van der Waals surface area contributed by atoms with Gasteiger partial charge in [0, 0.05) is 11.9 Å². The number of benzene rings is 1. The van der Waals surface area contributed by atoms with E-state index in [1.165, 1.54) is 12.7 Å². The molecule has 0 amide bonds. The van der Waals surface area contributed by atoms with E-state index in [1.54, 1.807) is 0 Å². The minimum atomic E-state index is -0.441. The molecule has 20 heavy (non-hydrogen) atoms. The number of carbonyl (C=O) groups excluding carboxylic acids is 1. The summed E-state index contributed by atoms with van der Waals surface area (Å²) < 4.78 is 10.0. The van der Waals surface area contributed by atoms with Crippen molar-refractivity contribution in [1.29, 1.82) is 0 Å². The highest BCUT2D eigenvalue weighted by molar-refractivity contribution is 5.88. The number of rotatable bonds is 5. The van der Waals surface area contributed by atoms with Crippen molar-refractivity contribution < 1.29 is 14.3 Å². The predicted octanol–water partition coefficient (Wildman–Crippen LogP) is 1.81. The number of aryl methyl sites for hydroxylation is 1. The van der Waals surface area contributed by atoms with Gasteiger partial charge in [-0.3, -0.25) is 0 Å². The standard InChI is InChI=1S/C15H18N2O3/c1-3-10-4-5-13-11(6-10)7-12(8-16)17-15(13)20-9-14(18)19-2/h4-7H,3,8-9,16H2,1-2H3. The van der Waals surface area contributed by atoms with Crippen molar-refractivity contribution in [2.45, 2.75) is 19.9 Å². The third-order valence-corrected chi connectivity index (χ3v) is 3.09. The summed E-state index contributed by atoms with van der Waals surface area (Å²) in [4.78, 5) is 15.5. The molecule has 1 aromatic carbocycles. The van der Waals surface area contributed by atoms with Gasteiger partial charge in [0.25, 0.3) is 0 Å². The molecule has 1 heterocycles. The van der Waals surface area contributed by atoms with Crippen molar-refractivity contribution in [1.82, 2.24) is 4.98 Å². The Labute approximate surface area is 117 Å². The number of esters is 1. The molecule has 0 aliphatic heterocycles. The fourth-order valence-corrected chi connectivity index (χ4v) is 1.95. The first-order valence-corrected chi connectivity index (χ1v) is 6.50. The fraction of sp³-hybridized carbons (Fsp3) is 0.333. The van der Waals surface area contributed by atoms with E-state index in [0.717, 1.165) is 22.9 Å². The molecule has 0 saturated heterocycles. The quantitative estimate of drug-likeness (QED) is 0.842. The van der Waals surface area contributed by atoms with E-state index in [-0.39, 0.29) is 6.61 Å². The smallest absolute Gasteiger partial charge is 0.343 e. The van der Waals surface area contributed by atoms with Crippen LogP contribution in [0, 0.1) is 0 Å². The van der Waals surface area contributed by atoms with Gasteiger partial charge >= 0.3 is 5.97 Å². The Balaban J connectivity index is 2.43. The summed E-state index contributed by atoms with van der Waals surface area (Å²) in [5.74, 6) is -0.0284. The largest absolute Gasteiger partial charge is 0.466 e. The van der Waals surface area contributed by atoms with Crippen LogP contribution in [-0.4, -0.2) is 24.7 Å². The van der Waals surface area contributed by atoms with Gasteiger partial charge in [-0.1, -0.05) is 19.1 Å². The molecule has 2 N–H and O–H groups in total. The molecule has 0 bridgehead atoms. The average molecular weight is 274 g/mol. The molecule has 0 radical (unpaired) electrons. The topological polar surface area (TPSA) is 74.4 Å². The lowest BCUT2D eigenvalue weighted by Gasteiger charge is -2.10. The summed E-state index contributed by atoms with van der Waals surface area (Å²) in [6.07, 6.45) is 0.953. The number of carbonyl (C=O) groups is 1. The summed E-state index contributed by atoms with van der Waals surface area (Å²) in [5, 5.41) is 1.88. The molecule has 2 aromatic rings. The molecule has 0 fully saturated rings. The number of ether oxygens (including phenoxy) is 2. The maximum atomic E-state index is 11.2. The van der Waals surface area contributed by atoms with Crippen molar-refractivity contribution in [2.24, 2.45) is 5.73 Å². The van der Waals surface area contributed by atoms with Crippen LogP contribution in [0.3, 0.4) is 0 Å². The van der Waals surface area contributed by atoms with Crippen LogP contribution in [0.5, 0.6) is 5.88 Å². The summed E-state index contributed by atoms with van der Waals surface area (Å²) in [6.45, 7) is 2.25. The van der Waals surface area contributed by atoms with E-state index in [0.29, 0.717) is 12.4 Å². The second-order valence-electron chi connectivity index (χ2n) is 4.40. The molecule has 0 unspecified atom stereocenters. The van der Waals surface area contributed by atoms with Crippen molar-refractivity contribution >= 4 is 16.7 Å². The Bertz CT molecular complexity index is 621. The van der Waals surface area contributed by atoms with Gasteiger partial charge in [-0.05, 0) is 29.5 Å². The van der Waals surface area contributed by atoms with Crippen LogP contribution >= 0.6 is 0 Å². The Kier molecular flexibility index (Phi) is 4.53. The van der Waals surface area contributed by atoms with Crippen molar-refractivity contribution in [2.75, 3.05) is 13.7 Å². The summed E-state index contributed by atoms with van der Waals surface area (Å²) in [6, 6.07) is 8.01. The summed E-state index contributed by atoms with van der Waals surface area (Å²) in [7, 11) is 1.32. The number of hydrogen-bond donors (Lipinski definition) is 1. The molecule has 0 saturated carbocycles. The minimum absolute atomic E-state index is 0.165. The Hall–Kier alpha value is -2.14. The molecule has 0 aliphatic rings. The van der Waals surface area contributed by atoms with Crippen molar-refractivity contribution in [3.63, 3.8) is 0 Å². The SMILES string of the molecule is CCc1ccc2c(OCC(=O)OC)nc(CN)cc2c1. The Morgan fingerprint density at radius 3 is 2.80 bits per heavy atom. The van der Waals surface area contributed by atoms with Crippen LogP contribution in [0.15, 0.2) is 24.3 Å². The number of pyridine rings is 1. The van der Waals surface area contributed by atoms with Crippen LogP contribution in [0.2, 0.25) is 0 Å². The van der Waals surface area contributed by atoms with Crippen LogP contribution in [0.4, 0.5) is 0 Å². The average Bonchev–Trinajstić information content (AvgIpc) is 2.50. The maximum Gasteiger partial charge on any atom is 0.343 e. The second kappa shape index (κ2) is 6.34. The van der Waals surface area contributed by atoms with Crippen molar-refractivity contribution in [3.05, 3.63) is 35.5 Å². The lowest BCUT2D eigenvalue weighted by atomic mass is 10.1. The number of nitrogens with two attached hydrogens (primary N) is 1. The molecule has 0 atom stereocenters. The number of aromatic nitrogens is 1. The monoisotopic (exact) mass is 274 g/mol. The fourth-order valence-electron chi connectivity index (χ4n) is 1.95. The first kappa shape index (κ1) is 14.3. The summed E-state index contributed by atoms with van der Waals surface area (Å²) in [5.41, 5.74) is 7.61. The number of nitrogens with zero attached hydrogens (tertiary/aromatic N) is 1. The zero-order valence-corrected chi connectivity index (χ0v) is 11.7. The molecular weight excluding hydrogens is 256 g/mol. The van der Waals surface area contributed by atoms with Crippen molar-refractivity contribution in [3.8, 4) is 5.88 Å². The van der Waals surface area contributed by atoms with Gasteiger partial charge in [0.05, 0.1) is 12.8 Å². The molecule has 5 nitrogen and oxygen atoms in total. The molecular formula is C15H18N2O3. The van der Waals surface area contributed by atoms with E-state index in [9.17, 15) is 4.79 Å². The second-order valence-corrected chi connectivity index (χ2v) is 4.40. The number of hydrogen-bond acceptors (Lipinski definition) is 5. The van der Waals surface area contributed by atoms with E-state index in [1.807, 2.05) is 18.2 Å². The van der Waals surface area contributed by atoms with Crippen LogP contribution in [0.1, 0.15) is 18.2 Å². The van der Waals surface area contributed by atoms with E-state index < -0.39 is 5.97 Å². The number of fused-ring (bicyclic) bond motifs is 1. The molecule has 1 aromatic heterocycles. The highest BCUT2D eigenvalue weighted by atomic mass is 16.6. The third kappa shape index (κ3) is 3.05. The zero-order valence-electron chi connectivity index (χ0n) is 11.7. The highest BCUT2D eigenvalue weighted by Crippen LogP contribution is 2.26. The summed E-state index contributed by atoms with van der Waals surface area (Å²) >= 11 is 0. The molecule has 2 rings (SSSR count). The molecule has 106 valence electrons. The number of methoxy groups -OCH3 is 1. The van der Waals surface area contributed by atoms with Gasteiger partial charge in [-0.2, -0.15) is 0 Å². The zero-order chi connectivity index (χ0) is 14.5. The first-order valence-electron chi connectivity index (χ1n) is 6.50. The Morgan fingerprint density at radius 2 is 2.15 bits per heavy atom. The lowest BCUT2D eigenvalue weighted by molar-refractivity contribution is -0.142. The maximum absolute atomic E-state index is 11.2. The van der Waals surface area contributed by atoms with Crippen LogP contribution < -0.4 is 10.5 Å². The highest BCUT2D eigenvalue weighted by Gasteiger charge is 2.10. The van der Waals surface area contributed by atoms with Gasteiger partial charge in [-0.25, -0.2) is 9.78 Å². The normalized spacial score (nSPS) is 10.6. The minimum Gasteiger partial charge on any atom is -0.466 e. The predicted molar refractivity (Wildman–Crippen MR) is 76.5 cm³/mol. The van der Waals surface area contributed by atoms with Gasteiger partial charge in [0.15, 0.2) is 6.61 Å². The van der Waals surface area contributed by atoms with Gasteiger partial charge in [0.1, 0.15) is 0 Å². The van der Waals surface area contributed by atoms with Crippen LogP contribution in [0.25, 0.3) is 10.8 Å². The van der Waals surface area contributed by atoms with E-state index in [2.05, 4.69) is 22.7 Å². The van der Waals surface area contributed by atoms with E-state index >= 15 is 0 Å². The molecule has 0 spiro atoms. The molecule has 0 aliphatic carbocycles. The third-order valence-electron chi connectivity index (χ3n) is 3.09. The van der Waals surface area contributed by atoms with Crippen LogP contribution in [-0.2, 0) is 22.5 Å². The first-order chi connectivity index (χ1) is 9.67. The van der Waals surface area contributed by atoms with Gasteiger partial charge < -0.3 is 15.2 Å². The molecule has 5 heteroatoms. The van der Waals surface area contributed by atoms with Gasteiger partial charge in [-0.15, -0.1) is 0 Å².